The molecule has 2 aliphatic heterocycles. The van der Waals surface area contributed by atoms with Gasteiger partial charge in [-0.25, -0.2) is 9.80 Å². The molecule has 2 aliphatic carbocycles. The second-order valence-corrected chi connectivity index (χ2v) is 16.0. The molecule has 7 aromatic carbocycles. The van der Waals surface area contributed by atoms with Gasteiger partial charge in [0.15, 0.2) is 0 Å². The molecule has 0 spiro atoms. The maximum Gasteiger partial charge on any atom is 0.265 e. The van der Waals surface area contributed by atoms with Crippen molar-refractivity contribution in [1.29, 1.82) is 0 Å². The van der Waals surface area contributed by atoms with E-state index in [0.717, 1.165) is 28.4 Å². The van der Waals surface area contributed by atoms with E-state index in [1.807, 2.05) is 6.20 Å². The van der Waals surface area contributed by atoms with Crippen molar-refractivity contribution in [3.05, 3.63) is 232 Å². The Labute approximate surface area is 390 Å². The zero-order valence-corrected chi connectivity index (χ0v) is 37.0. The van der Waals surface area contributed by atoms with E-state index in [2.05, 4.69) is 151 Å². The van der Waals surface area contributed by atoms with E-state index in [0.29, 0.717) is 16.1 Å². The molecule has 0 N–H and O–H groups in total. The fourth-order valence-corrected chi connectivity index (χ4v) is 8.93. The Morgan fingerprint density at radius 2 is 1.00 bits per heavy atom. The van der Waals surface area contributed by atoms with Crippen molar-refractivity contribution >= 4 is 121 Å². The molecule has 4 amide bonds. The monoisotopic (exact) mass is 909 g/mol. The number of amides is 4. The number of imide groups is 2. The van der Waals surface area contributed by atoms with Crippen molar-refractivity contribution in [3.63, 3.8) is 0 Å². The highest BCUT2D eigenvalue weighted by atomic mass is 35.5. The minimum absolute atomic E-state index is 0.155. The summed E-state index contributed by atoms with van der Waals surface area (Å²) in [5, 5.41) is 5.97. The summed E-state index contributed by atoms with van der Waals surface area (Å²) in [7, 11) is 0. The number of rotatable bonds is 3. The number of aromatic nitrogens is 1. The smallest absolute Gasteiger partial charge is 0.265 e. The average Bonchev–Trinajstić information content (AvgIpc) is 4.16. The first-order valence-corrected chi connectivity index (χ1v) is 21.6. The number of nitrogens with zero attached hydrogens (tertiary/aromatic N) is 3. The average molecular weight is 911 g/mol. The van der Waals surface area contributed by atoms with Crippen molar-refractivity contribution in [2.75, 3.05) is 4.90 Å². The van der Waals surface area contributed by atoms with Crippen molar-refractivity contribution in [2.24, 2.45) is 0 Å². The lowest BCUT2D eigenvalue weighted by atomic mass is 10.0. The summed E-state index contributed by atoms with van der Waals surface area (Å²) in [5.74, 6) is -1.54. The van der Waals surface area contributed by atoms with Gasteiger partial charge in [0.2, 0.25) is 0 Å². The molecule has 0 unspecified atom stereocenters. The predicted molar refractivity (Wildman–Crippen MR) is 268 cm³/mol. The largest absolute Gasteiger partial charge is 0.317 e. The van der Waals surface area contributed by atoms with Gasteiger partial charge in [-0.2, -0.15) is 0 Å². The molecule has 3 heterocycles. The lowest BCUT2D eigenvalue weighted by molar-refractivity contribution is -0.120. The summed E-state index contributed by atoms with van der Waals surface area (Å²) >= 11 is 17.5. The number of para-hydroxylation sites is 2. The minimum atomic E-state index is -0.476. The summed E-state index contributed by atoms with van der Waals surface area (Å²) in [5.41, 5.74) is 9.04. The van der Waals surface area contributed by atoms with Gasteiger partial charge in [-0.15, -0.1) is 0 Å². The first-order chi connectivity index (χ1) is 31.6. The van der Waals surface area contributed by atoms with Crippen LogP contribution in [-0.4, -0.2) is 33.1 Å². The highest BCUT2D eigenvalue weighted by molar-refractivity contribution is 6.45. The van der Waals surface area contributed by atoms with Crippen LogP contribution >= 0.6 is 34.8 Å². The maximum atomic E-state index is 11.5. The maximum absolute atomic E-state index is 11.5. The van der Waals surface area contributed by atoms with Gasteiger partial charge in [0, 0.05) is 40.3 Å². The molecular weight excluding hydrogens is 873 g/mol. The number of carbonyl (C=O) groups excluding carboxylic acids is 4. The fraction of sp³-hybridized carbons (Fsp3) is 0.0182. The van der Waals surface area contributed by atoms with Crippen LogP contribution in [0.1, 0.15) is 43.0 Å². The molecule has 0 saturated carbocycles. The minimum Gasteiger partial charge on any atom is -0.317 e. The highest BCUT2D eigenvalue weighted by Gasteiger charge is 2.33. The fourth-order valence-electron chi connectivity index (χ4n) is 7.94. The standard InChI is InChI=1S/C14H11N.C12H8.C10H4Cl3NO2.C10H7NO2.C9H8/c1-2-15-13-9-5-3-7-11(13)12-8-4-6-10-14(12)15;1-3-9-4-2-6-11-8-7-10(5-1)12(9)11;11-5-3-6(12)10(7(13)4-5)14-8(15)1-2-9(14)16;1-2-11-9(12)7-5-3-4-6-8(7)10(11)13;1-2-5-9-7-3-6-8(9)4-1/h2-10H,1H2;1-8H;1-4H;2-6H,1H2;1-6H,7H2. The topological polar surface area (TPSA) is 79.7 Å². The van der Waals surface area contributed by atoms with E-state index >= 15 is 0 Å². The summed E-state index contributed by atoms with van der Waals surface area (Å²) in [4.78, 5) is 47.8. The second-order valence-electron chi connectivity index (χ2n) is 14.8. The van der Waals surface area contributed by atoms with Crippen LogP contribution in [0.25, 0.3) is 57.0 Å². The van der Waals surface area contributed by atoms with Crippen molar-refractivity contribution in [1.82, 2.24) is 9.47 Å². The third kappa shape index (κ3) is 8.99. The van der Waals surface area contributed by atoms with Gasteiger partial charge < -0.3 is 4.57 Å². The number of carbonyl (C=O) groups is 4. The van der Waals surface area contributed by atoms with E-state index in [4.69, 9.17) is 34.8 Å². The number of fused-ring (bicyclic) bond motifs is 5. The number of hydrogen-bond acceptors (Lipinski definition) is 4. The van der Waals surface area contributed by atoms with E-state index < -0.39 is 11.8 Å². The van der Waals surface area contributed by atoms with Crippen LogP contribution in [0.3, 0.4) is 0 Å². The number of halogens is 3. The summed E-state index contributed by atoms with van der Waals surface area (Å²) in [6, 6.07) is 47.7. The van der Waals surface area contributed by atoms with Crippen LogP contribution in [0.4, 0.5) is 5.69 Å². The molecule has 1 aromatic heterocycles. The lowest BCUT2D eigenvalue weighted by Gasteiger charge is -2.17. The first-order valence-electron chi connectivity index (χ1n) is 20.4. The third-order valence-corrected chi connectivity index (χ3v) is 11.7. The zero-order valence-electron chi connectivity index (χ0n) is 34.7. The van der Waals surface area contributed by atoms with Crippen LogP contribution in [0.15, 0.2) is 183 Å². The van der Waals surface area contributed by atoms with Crippen LogP contribution < -0.4 is 4.90 Å². The van der Waals surface area contributed by atoms with E-state index in [-0.39, 0.29) is 27.5 Å². The van der Waals surface area contributed by atoms with Crippen molar-refractivity contribution < 1.29 is 19.2 Å². The Morgan fingerprint density at radius 1 is 0.508 bits per heavy atom. The molecule has 0 radical (unpaired) electrons. The summed E-state index contributed by atoms with van der Waals surface area (Å²) < 4.78 is 2.13. The second kappa shape index (κ2) is 19.5. The molecule has 0 bridgehead atoms. The van der Waals surface area contributed by atoms with Crippen molar-refractivity contribution in [2.45, 2.75) is 6.42 Å². The molecule has 0 atom stereocenters. The van der Waals surface area contributed by atoms with Gasteiger partial charge >= 0.3 is 0 Å². The SMILES string of the molecule is C1=Cc2cccc3cccc1c23.C1=Cc2ccccc2C1.C=CN1C(=O)c2ccccc2C1=O.C=Cn1c2ccccc2c2ccccc21.O=C1C=CC(=O)N1c1c(Cl)cc(Cl)cc1Cl. The predicted octanol–water partition coefficient (Wildman–Crippen LogP) is 14.0. The molecule has 0 saturated heterocycles. The van der Waals surface area contributed by atoms with Crippen molar-refractivity contribution in [3.8, 4) is 0 Å². The first kappa shape index (κ1) is 44.1. The highest BCUT2D eigenvalue weighted by Crippen LogP contribution is 2.38. The molecule has 12 rings (SSSR count). The number of allylic oxidation sites excluding steroid dienone is 1. The lowest BCUT2D eigenvalue weighted by Crippen LogP contribution is -2.30. The Kier molecular flexibility index (Phi) is 13.2. The van der Waals surface area contributed by atoms with Gasteiger partial charge in [0.1, 0.15) is 0 Å². The molecule has 0 fully saturated rings. The van der Waals surface area contributed by atoms with Gasteiger partial charge in [0.05, 0.1) is 37.9 Å². The Bertz CT molecular complexity index is 3160. The molecule has 7 nitrogen and oxygen atoms in total. The number of hydrogen-bond donors (Lipinski definition) is 0. The normalized spacial score (nSPS) is 13.4. The summed E-state index contributed by atoms with van der Waals surface area (Å²) in [6.45, 7) is 7.28. The van der Waals surface area contributed by atoms with Gasteiger partial charge in [-0.1, -0.05) is 181 Å². The van der Waals surface area contributed by atoms with E-state index in [1.165, 1.54) is 73.2 Å². The zero-order chi connectivity index (χ0) is 45.6. The van der Waals surface area contributed by atoms with Crippen LogP contribution in [0.5, 0.6) is 0 Å². The summed E-state index contributed by atoms with van der Waals surface area (Å²) in [6.07, 6.45) is 15.3. The third-order valence-electron chi connectivity index (χ3n) is 10.9. The van der Waals surface area contributed by atoms with Crippen LogP contribution in [0.2, 0.25) is 15.1 Å². The van der Waals surface area contributed by atoms with Gasteiger partial charge in [-0.05, 0) is 75.8 Å². The molecule has 8 aromatic rings. The Morgan fingerprint density at radius 3 is 1.52 bits per heavy atom. The van der Waals surface area contributed by atoms with E-state index in [9.17, 15) is 19.2 Å². The van der Waals surface area contributed by atoms with E-state index in [1.54, 1.807) is 24.3 Å². The molecular formula is C55H38Cl3N3O4. The van der Waals surface area contributed by atoms with Gasteiger partial charge in [0.25, 0.3) is 23.6 Å². The van der Waals surface area contributed by atoms with Crippen LogP contribution in [-0.2, 0) is 16.0 Å². The molecule has 318 valence electrons. The Hall–Kier alpha value is -7.55. The molecule has 10 heteroatoms. The van der Waals surface area contributed by atoms with Crippen LogP contribution in [0, 0.1) is 0 Å². The quantitative estimate of drug-likeness (QED) is 0.165. The molecule has 4 aliphatic rings. The number of anilines is 1. The number of benzene rings is 7. The van der Waals surface area contributed by atoms with Gasteiger partial charge in [-0.3, -0.25) is 19.2 Å². The molecule has 65 heavy (non-hydrogen) atoms. The Balaban J connectivity index is 0.000000112.